The molecule has 1 aromatic heterocycles. The number of cyclic esters (lactones) is 1. The number of aliphatic hydroxyl groups is 1. The highest BCUT2D eigenvalue weighted by Gasteiger charge is 2.59. The number of para-hydroxylation sites is 1. The number of likely N-dealkylation sites (N-methyl/N-ethyl adjacent to an activating group) is 1. The Morgan fingerprint density at radius 2 is 1.84 bits per heavy atom. The summed E-state index contributed by atoms with van der Waals surface area (Å²) >= 11 is 0. The number of amides is 1. The van der Waals surface area contributed by atoms with Gasteiger partial charge in [-0.05, 0) is 98.0 Å². The minimum Gasteiger partial charge on any atom is -0.455 e. The van der Waals surface area contributed by atoms with E-state index in [1.807, 2.05) is 70.2 Å². The molecule has 12 heteroatoms. The Hall–Kier alpha value is -3.42. The van der Waals surface area contributed by atoms with Crippen LogP contribution in [-0.4, -0.2) is 125 Å². The van der Waals surface area contributed by atoms with Gasteiger partial charge in [0, 0.05) is 53.9 Å². The van der Waals surface area contributed by atoms with Crippen molar-refractivity contribution in [2.45, 2.75) is 135 Å². The van der Waals surface area contributed by atoms with Crippen LogP contribution < -0.4 is 0 Å². The lowest BCUT2D eigenvalue weighted by molar-refractivity contribution is -0.296. The molecule has 12 nitrogen and oxygen atoms in total. The molecular weight excluding hydrogens is 700 g/mol. The molecule has 55 heavy (non-hydrogen) atoms. The monoisotopic (exact) mass is 762 g/mol. The van der Waals surface area contributed by atoms with Crippen molar-refractivity contribution in [3.63, 3.8) is 0 Å². The van der Waals surface area contributed by atoms with Gasteiger partial charge < -0.3 is 33.7 Å². The lowest BCUT2D eigenvalue weighted by Gasteiger charge is -2.47. The summed E-state index contributed by atoms with van der Waals surface area (Å²) in [5, 5.41) is 12.8. The third-order valence-electron chi connectivity index (χ3n) is 12.5. The van der Waals surface area contributed by atoms with E-state index in [1.165, 1.54) is 0 Å². The summed E-state index contributed by atoms with van der Waals surface area (Å²) in [6, 6.07) is 9.71. The smallest absolute Gasteiger partial charge is 0.410 e. The van der Waals surface area contributed by atoms with Crippen molar-refractivity contribution in [3.05, 3.63) is 53.7 Å². The van der Waals surface area contributed by atoms with Crippen molar-refractivity contribution >= 4 is 28.7 Å². The summed E-state index contributed by atoms with van der Waals surface area (Å²) < 4.78 is 32.6. The normalized spacial score (nSPS) is 38.4. The summed E-state index contributed by atoms with van der Waals surface area (Å²) in [5.41, 5.74) is 1.40. The average molecular weight is 763 g/mol. The van der Waals surface area contributed by atoms with Gasteiger partial charge in [0.1, 0.15) is 12.2 Å². The van der Waals surface area contributed by atoms with Crippen LogP contribution in [0.5, 0.6) is 0 Å². The summed E-state index contributed by atoms with van der Waals surface area (Å²) in [5.74, 6) is -1.19. The molecule has 2 fully saturated rings. The lowest BCUT2D eigenvalue weighted by Crippen LogP contribution is -2.59. The molecule has 12 atom stereocenters. The summed E-state index contributed by atoms with van der Waals surface area (Å²) in [6.45, 7) is 17.0. The molecule has 302 valence electrons. The van der Waals surface area contributed by atoms with E-state index in [2.05, 4.69) is 37.9 Å². The predicted molar refractivity (Wildman–Crippen MR) is 211 cm³/mol. The topological polar surface area (TPSA) is 132 Å². The second kappa shape index (κ2) is 16.6. The van der Waals surface area contributed by atoms with Crippen molar-refractivity contribution in [1.82, 2.24) is 14.8 Å². The first kappa shape index (κ1) is 41.2. The minimum absolute atomic E-state index is 0.0978. The number of pyridine rings is 1. The predicted octanol–water partition coefficient (Wildman–Crippen LogP) is 5.98. The Morgan fingerprint density at radius 3 is 2.58 bits per heavy atom. The van der Waals surface area contributed by atoms with Gasteiger partial charge in [-0.3, -0.25) is 14.9 Å². The molecule has 1 unspecified atom stereocenters. The van der Waals surface area contributed by atoms with Crippen molar-refractivity contribution in [2.24, 2.45) is 22.7 Å². The number of nitrogens with zero attached hydrogens (tertiary/aromatic N) is 4. The number of fused-ring (bicyclic) bond motifs is 2. The van der Waals surface area contributed by atoms with Crippen LogP contribution in [0.1, 0.15) is 80.2 Å². The quantitative estimate of drug-likeness (QED) is 0.253. The largest absolute Gasteiger partial charge is 0.455 e. The van der Waals surface area contributed by atoms with Gasteiger partial charge in [-0.25, -0.2) is 9.59 Å². The summed E-state index contributed by atoms with van der Waals surface area (Å²) in [6.07, 6.45) is 2.66. The zero-order valence-electron chi connectivity index (χ0n) is 34.4. The molecule has 2 bridgehead atoms. The Morgan fingerprint density at radius 1 is 1.09 bits per heavy atom. The molecule has 2 aromatic rings. The molecule has 1 aromatic carbocycles. The van der Waals surface area contributed by atoms with Gasteiger partial charge in [-0.2, -0.15) is 0 Å². The van der Waals surface area contributed by atoms with Gasteiger partial charge in [0.05, 0.1) is 35.9 Å². The van der Waals surface area contributed by atoms with E-state index in [0.717, 1.165) is 35.0 Å². The van der Waals surface area contributed by atoms with E-state index < -0.39 is 53.9 Å². The lowest BCUT2D eigenvalue weighted by atomic mass is 9.74. The zero-order valence-corrected chi connectivity index (χ0v) is 34.4. The number of rotatable bonds is 8. The van der Waals surface area contributed by atoms with E-state index in [1.54, 1.807) is 18.7 Å². The Bertz CT molecular complexity index is 1770. The fraction of sp³-hybridized carbons (Fsp3) is 0.674. The van der Waals surface area contributed by atoms with Crippen LogP contribution in [0.2, 0.25) is 0 Å². The zero-order chi connectivity index (χ0) is 39.8. The number of aliphatic hydroxyl groups excluding tert-OH is 1. The first-order valence-corrected chi connectivity index (χ1v) is 20.1. The maximum atomic E-state index is 13.8. The molecule has 2 saturated heterocycles. The van der Waals surface area contributed by atoms with Crippen LogP contribution in [0.15, 0.2) is 53.2 Å². The van der Waals surface area contributed by atoms with Crippen molar-refractivity contribution in [2.75, 3.05) is 33.8 Å². The molecule has 1 amide bonds. The van der Waals surface area contributed by atoms with Crippen molar-refractivity contribution < 1.29 is 38.4 Å². The number of carbonyl (C=O) groups is 2. The second-order valence-corrected chi connectivity index (χ2v) is 17.1. The number of ether oxygens (including phenoxy) is 5. The Kier molecular flexibility index (Phi) is 12.4. The van der Waals surface area contributed by atoms with Crippen LogP contribution >= 0.6 is 0 Å². The second-order valence-electron chi connectivity index (χ2n) is 17.1. The molecule has 0 saturated carbocycles. The Labute approximate surface area is 326 Å². The Balaban J connectivity index is 1.37. The van der Waals surface area contributed by atoms with Gasteiger partial charge in [-0.15, -0.1) is 0 Å². The highest BCUT2D eigenvalue weighted by Crippen LogP contribution is 2.43. The number of benzene rings is 1. The van der Waals surface area contributed by atoms with E-state index in [-0.39, 0.29) is 29.9 Å². The van der Waals surface area contributed by atoms with Crippen LogP contribution in [0.4, 0.5) is 4.79 Å². The highest BCUT2D eigenvalue weighted by molar-refractivity contribution is 5.91. The third-order valence-corrected chi connectivity index (χ3v) is 12.5. The molecule has 0 aliphatic carbocycles. The molecular formula is C43H62N4O8. The van der Waals surface area contributed by atoms with E-state index in [9.17, 15) is 14.7 Å². The number of aryl methyl sites for hydroxylation is 1. The van der Waals surface area contributed by atoms with Gasteiger partial charge in [0.2, 0.25) is 0 Å². The van der Waals surface area contributed by atoms with E-state index >= 15 is 0 Å². The number of hydrogen-bond donors (Lipinski definition) is 1. The first-order chi connectivity index (χ1) is 26.0. The van der Waals surface area contributed by atoms with Gasteiger partial charge in [-0.1, -0.05) is 45.0 Å². The number of hydrogen-bond acceptors (Lipinski definition) is 11. The standard InChI is InChI=1S/C43H62N4O8/c1-25-20-26(2)39(49)53-30(6)43(8)37-29(5)35(44-17-18-47(37)41(50)55-43)27(3)23-42(7,38(25)54-40-36(48)34(46(9)10)21-28(4)52-40)51-19-13-14-31-22-32-15-11-12-16-33(32)45-24-31/h11-12,15-16,20,22,24-25,27-30,34,36-38,40,48H,13-14,17-19,21,23H2,1-10H3/b26-20+/t25-,27+,28-,29+,30-,34+,36?,37+,38+,40+,42-,43+/m0/s1. The summed E-state index contributed by atoms with van der Waals surface area (Å²) in [7, 11) is 3.91. The maximum Gasteiger partial charge on any atom is 0.410 e. The molecule has 1 N–H and O–H groups in total. The van der Waals surface area contributed by atoms with Crippen molar-refractivity contribution in [3.8, 4) is 0 Å². The van der Waals surface area contributed by atoms with Gasteiger partial charge >= 0.3 is 12.1 Å². The number of aliphatic imine (C=N–C) groups is 1. The van der Waals surface area contributed by atoms with Crippen molar-refractivity contribution in [1.29, 1.82) is 0 Å². The van der Waals surface area contributed by atoms with E-state index in [0.29, 0.717) is 38.1 Å². The molecule has 0 spiro atoms. The maximum absolute atomic E-state index is 13.8. The summed E-state index contributed by atoms with van der Waals surface area (Å²) in [4.78, 5) is 40.7. The number of aromatic nitrogens is 1. The van der Waals surface area contributed by atoms with Crippen LogP contribution in [0.25, 0.3) is 10.9 Å². The fourth-order valence-electron chi connectivity index (χ4n) is 9.60. The van der Waals surface area contributed by atoms with E-state index in [4.69, 9.17) is 28.7 Å². The molecule has 4 aliphatic rings. The molecule has 4 aliphatic heterocycles. The molecule has 6 rings (SSSR count). The third kappa shape index (κ3) is 8.49. The van der Waals surface area contributed by atoms with Crippen LogP contribution in [-0.2, 0) is 34.9 Å². The SMILES string of the molecule is C/C1=C\[C@H](C)[C@@H](O[C@H]2O[C@@H](C)C[C@@H](N(C)C)C2O)[C@@](C)(OCCCc2cnc3ccccc3c2)C[C@@H](C)C2=NCCN3C(=O)O[C@](C)([C@H](C)OC1=O)[C@H]3[C@@H]2C. The molecule has 5 heterocycles. The first-order valence-electron chi connectivity index (χ1n) is 20.1. The number of esters is 1. The van der Waals surface area contributed by atoms with Gasteiger partial charge in [0.15, 0.2) is 11.9 Å². The minimum atomic E-state index is -1.09. The van der Waals surface area contributed by atoms with Crippen LogP contribution in [0.3, 0.4) is 0 Å². The number of carbonyl (C=O) groups excluding carboxylic acids is 2. The fourth-order valence-corrected chi connectivity index (χ4v) is 9.60. The van der Waals surface area contributed by atoms with Gasteiger partial charge in [0.25, 0.3) is 0 Å². The average Bonchev–Trinajstić information content (AvgIpc) is 3.26. The van der Waals surface area contributed by atoms with Crippen LogP contribution in [0, 0.1) is 17.8 Å². The molecule has 0 radical (unpaired) electrons. The highest BCUT2D eigenvalue weighted by atomic mass is 16.7.